The van der Waals surface area contributed by atoms with Gasteiger partial charge < -0.3 is 15.8 Å². The van der Waals surface area contributed by atoms with Gasteiger partial charge in [0.2, 0.25) is 0 Å². The Morgan fingerprint density at radius 1 is 1.12 bits per heavy atom. The van der Waals surface area contributed by atoms with Gasteiger partial charge in [0, 0.05) is 18.8 Å². The largest absolute Gasteiger partial charge is 0.378 e. The van der Waals surface area contributed by atoms with E-state index in [1.165, 1.54) is 37.7 Å². The summed E-state index contributed by atoms with van der Waals surface area (Å²) in [4.78, 5) is 4.39. The van der Waals surface area contributed by atoms with Gasteiger partial charge in [0.1, 0.15) is 0 Å². The van der Waals surface area contributed by atoms with E-state index in [1.807, 2.05) is 12.1 Å². The van der Waals surface area contributed by atoms with Crippen LogP contribution < -0.4 is 11.1 Å². The number of nitrogens with zero attached hydrogens (tertiary/aromatic N) is 1. The van der Waals surface area contributed by atoms with Crippen LogP contribution in [0.3, 0.4) is 0 Å². The molecule has 0 saturated heterocycles. The minimum atomic E-state index is 0.498. The maximum atomic E-state index is 5.94. The minimum Gasteiger partial charge on any atom is -0.378 e. The molecule has 0 atom stereocenters. The van der Waals surface area contributed by atoms with Crippen LogP contribution in [0.5, 0.6) is 0 Å². The summed E-state index contributed by atoms with van der Waals surface area (Å²) in [6, 6.07) is 8.32. The molecule has 1 aliphatic carbocycles. The average Bonchev–Trinajstić information content (AvgIpc) is 2.62. The summed E-state index contributed by atoms with van der Waals surface area (Å²) in [6.07, 6.45) is 11.5. The van der Waals surface area contributed by atoms with E-state index in [2.05, 4.69) is 29.4 Å². The van der Waals surface area contributed by atoms with Crippen molar-refractivity contribution in [2.24, 2.45) is 10.7 Å². The van der Waals surface area contributed by atoms with E-state index < -0.39 is 0 Å². The Hall–Kier alpha value is -1.55. The number of unbranched alkanes of at least 4 members (excludes halogenated alkanes) is 2. The van der Waals surface area contributed by atoms with Crippen molar-refractivity contribution in [1.82, 2.24) is 0 Å². The Morgan fingerprint density at radius 3 is 2.58 bits per heavy atom. The van der Waals surface area contributed by atoms with E-state index in [-0.39, 0.29) is 0 Å². The fraction of sp³-hybridized carbons (Fsp3) is 0.650. The zero-order valence-electron chi connectivity index (χ0n) is 15.1. The van der Waals surface area contributed by atoms with Crippen LogP contribution in [0.25, 0.3) is 0 Å². The lowest BCUT2D eigenvalue weighted by atomic mass is 9.98. The SMILES string of the molecule is CCc1ccc(NC(N)=NCCCCCOC2CCCCC2)cc1. The molecule has 1 fully saturated rings. The Kier molecular flexibility index (Phi) is 8.67. The first-order valence-corrected chi connectivity index (χ1v) is 9.55. The van der Waals surface area contributed by atoms with Crippen molar-refractivity contribution in [2.75, 3.05) is 18.5 Å². The third-order valence-electron chi connectivity index (χ3n) is 4.62. The van der Waals surface area contributed by atoms with Crippen molar-refractivity contribution in [3.8, 4) is 0 Å². The Labute approximate surface area is 146 Å². The Bertz CT molecular complexity index is 478. The van der Waals surface area contributed by atoms with Gasteiger partial charge in [-0.05, 0) is 56.2 Å². The zero-order chi connectivity index (χ0) is 17.0. The third kappa shape index (κ3) is 7.35. The molecule has 0 aromatic heterocycles. The lowest BCUT2D eigenvalue weighted by molar-refractivity contribution is 0.0264. The number of ether oxygens (including phenoxy) is 1. The first-order valence-electron chi connectivity index (χ1n) is 9.55. The van der Waals surface area contributed by atoms with Gasteiger partial charge in [0.25, 0.3) is 0 Å². The maximum absolute atomic E-state index is 5.94. The second-order valence-electron chi connectivity index (χ2n) is 6.63. The highest BCUT2D eigenvalue weighted by molar-refractivity contribution is 5.92. The molecule has 0 amide bonds. The summed E-state index contributed by atoms with van der Waals surface area (Å²) in [5, 5.41) is 3.14. The van der Waals surface area contributed by atoms with Gasteiger partial charge in [-0.2, -0.15) is 0 Å². The maximum Gasteiger partial charge on any atom is 0.193 e. The van der Waals surface area contributed by atoms with E-state index in [1.54, 1.807) is 0 Å². The molecule has 24 heavy (non-hydrogen) atoms. The molecule has 1 aromatic rings. The molecule has 2 rings (SSSR count). The predicted molar refractivity (Wildman–Crippen MR) is 103 cm³/mol. The number of nitrogens with two attached hydrogens (primary N) is 1. The quantitative estimate of drug-likeness (QED) is 0.398. The van der Waals surface area contributed by atoms with E-state index in [9.17, 15) is 0 Å². The molecular formula is C20H33N3O. The molecule has 4 heteroatoms. The topological polar surface area (TPSA) is 59.6 Å². The standard InChI is InChI=1S/C20H33N3O/c1-2-17-11-13-18(14-12-17)23-20(21)22-15-7-4-8-16-24-19-9-5-3-6-10-19/h11-14,19H,2-10,15-16H2,1H3,(H3,21,22,23). The van der Waals surface area contributed by atoms with Gasteiger partial charge in [-0.3, -0.25) is 4.99 Å². The smallest absolute Gasteiger partial charge is 0.193 e. The highest BCUT2D eigenvalue weighted by Crippen LogP contribution is 2.20. The molecule has 1 aromatic carbocycles. The number of aryl methyl sites for hydroxylation is 1. The first-order chi connectivity index (χ1) is 11.8. The number of nitrogens with one attached hydrogen (secondary N) is 1. The molecule has 0 spiro atoms. The van der Waals surface area contributed by atoms with Crippen molar-refractivity contribution in [2.45, 2.75) is 70.8 Å². The molecule has 1 saturated carbocycles. The minimum absolute atomic E-state index is 0.498. The fourth-order valence-corrected chi connectivity index (χ4v) is 3.08. The van der Waals surface area contributed by atoms with E-state index >= 15 is 0 Å². The molecular weight excluding hydrogens is 298 g/mol. The average molecular weight is 332 g/mol. The number of benzene rings is 1. The molecule has 0 aliphatic heterocycles. The van der Waals surface area contributed by atoms with Crippen LogP contribution >= 0.6 is 0 Å². The number of hydrogen-bond acceptors (Lipinski definition) is 2. The van der Waals surface area contributed by atoms with E-state index in [0.717, 1.165) is 44.5 Å². The van der Waals surface area contributed by atoms with Gasteiger partial charge in [-0.15, -0.1) is 0 Å². The third-order valence-corrected chi connectivity index (χ3v) is 4.62. The molecule has 0 unspecified atom stereocenters. The van der Waals surface area contributed by atoms with Crippen molar-refractivity contribution in [1.29, 1.82) is 0 Å². The van der Waals surface area contributed by atoms with Crippen molar-refractivity contribution in [3.63, 3.8) is 0 Å². The summed E-state index contributed by atoms with van der Waals surface area (Å²) < 4.78 is 5.94. The molecule has 0 heterocycles. The van der Waals surface area contributed by atoms with Gasteiger partial charge >= 0.3 is 0 Å². The molecule has 4 nitrogen and oxygen atoms in total. The number of hydrogen-bond donors (Lipinski definition) is 2. The van der Waals surface area contributed by atoms with Crippen LogP contribution in [0.15, 0.2) is 29.3 Å². The molecule has 0 bridgehead atoms. The second kappa shape index (κ2) is 11.1. The van der Waals surface area contributed by atoms with Crippen LogP contribution in [-0.2, 0) is 11.2 Å². The van der Waals surface area contributed by atoms with Crippen LogP contribution in [0.1, 0.15) is 63.9 Å². The summed E-state index contributed by atoms with van der Waals surface area (Å²) in [5.74, 6) is 0.498. The molecule has 3 N–H and O–H groups in total. The number of rotatable bonds is 9. The molecule has 1 aliphatic rings. The summed E-state index contributed by atoms with van der Waals surface area (Å²) in [5.41, 5.74) is 8.25. The number of aliphatic imine (C=N–C) groups is 1. The van der Waals surface area contributed by atoms with Crippen molar-refractivity contribution in [3.05, 3.63) is 29.8 Å². The lowest BCUT2D eigenvalue weighted by Crippen LogP contribution is -2.22. The van der Waals surface area contributed by atoms with Gasteiger partial charge in [0.15, 0.2) is 5.96 Å². The van der Waals surface area contributed by atoms with Crippen molar-refractivity contribution < 1.29 is 4.74 Å². The van der Waals surface area contributed by atoms with E-state index in [4.69, 9.17) is 10.5 Å². The Balaban J connectivity index is 1.52. The van der Waals surface area contributed by atoms with Gasteiger partial charge in [0.05, 0.1) is 6.10 Å². The molecule has 0 radical (unpaired) electrons. The van der Waals surface area contributed by atoms with Crippen LogP contribution in [0, 0.1) is 0 Å². The van der Waals surface area contributed by atoms with Crippen LogP contribution in [-0.4, -0.2) is 25.2 Å². The van der Waals surface area contributed by atoms with Gasteiger partial charge in [-0.25, -0.2) is 0 Å². The molecule has 134 valence electrons. The van der Waals surface area contributed by atoms with Crippen LogP contribution in [0.4, 0.5) is 5.69 Å². The summed E-state index contributed by atoms with van der Waals surface area (Å²) in [6.45, 7) is 3.82. The van der Waals surface area contributed by atoms with Crippen LogP contribution in [0.2, 0.25) is 0 Å². The summed E-state index contributed by atoms with van der Waals surface area (Å²) >= 11 is 0. The fourth-order valence-electron chi connectivity index (χ4n) is 3.08. The van der Waals surface area contributed by atoms with Gasteiger partial charge in [-0.1, -0.05) is 38.3 Å². The Morgan fingerprint density at radius 2 is 1.88 bits per heavy atom. The highest BCUT2D eigenvalue weighted by Gasteiger charge is 2.12. The zero-order valence-corrected chi connectivity index (χ0v) is 15.1. The number of guanidine groups is 1. The van der Waals surface area contributed by atoms with Crippen molar-refractivity contribution >= 4 is 11.6 Å². The second-order valence-corrected chi connectivity index (χ2v) is 6.63. The monoisotopic (exact) mass is 331 g/mol. The first kappa shape index (κ1) is 18.8. The predicted octanol–water partition coefficient (Wildman–Crippen LogP) is 4.50. The highest BCUT2D eigenvalue weighted by atomic mass is 16.5. The number of anilines is 1. The van der Waals surface area contributed by atoms with E-state index in [0.29, 0.717) is 12.1 Å². The lowest BCUT2D eigenvalue weighted by Gasteiger charge is -2.21. The normalized spacial score (nSPS) is 16.3. The summed E-state index contributed by atoms with van der Waals surface area (Å²) in [7, 11) is 0.